The third-order valence-electron chi connectivity index (χ3n) is 9.02. The molecular formula is C35H41N5O7. The van der Waals surface area contributed by atoms with Crippen LogP contribution in [0.1, 0.15) is 73.7 Å². The fourth-order valence-electron chi connectivity index (χ4n) is 6.53. The van der Waals surface area contributed by atoms with Gasteiger partial charge in [0.1, 0.15) is 0 Å². The van der Waals surface area contributed by atoms with E-state index in [1.165, 1.54) is 0 Å². The second-order valence-corrected chi connectivity index (χ2v) is 12.3. The van der Waals surface area contributed by atoms with Gasteiger partial charge in [0.2, 0.25) is 11.8 Å². The van der Waals surface area contributed by atoms with Crippen molar-refractivity contribution in [2.24, 2.45) is 0 Å². The molecule has 1 aromatic heterocycles. The first kappa shape index (κ1) is 32.6. The Morgan fingerprint density at radius 1 is 0.894 bits per heavy atom. The number of hydrogen-bond acceptors (Lipinski definition) is 8. The highest BCUT2D eigenvalue weighted by molar-refractivity contribution is 5.91. The number of anilines is 1. The number of amides is 2. The summed E-state index contributed by atoms with van der Waals surface area (Å²) in [6.45, 7) is 2.39. The predicted octanol–water partition coefficient (Wildman–Crippen LogP) is 4.32. The molecule has 2 amide bonds. The minimum atomic E-state index is -0.625. The van der Waals surface area contributed by atoms with Gasteiger partial charge in [-0.15, -0.1) is 0 Å². The molecule has 248 valence electrons. The molecule has 3 atom stereocenters. The maximum Gasteiger partial charge on any atom is 0.326 e. The molecule has 4 aromatic rings. The molecule has 6 rings (SSSR count). The number of nitrogens with zero attached hydrogens (tertiary/aromatic N) is 2. The van der Waals surface area contributed by atoms with E-state index in [0.717, 1.165) is 60.2 Å². The predicted molar refractivity (Wildman–Crippen MR) is 175 cm³/mol. The molecule has 3 unspecified atom stereocenters. The Kier molecular flexibility index (Phi) is 10.4. The summed E-state index contributed by atoms with van der Waals surface area (Å²) in [5, 5.41) is 21.0. The molecule has 5 N–H and O–H groups in total. The molecule has 2 fully saturated rings. The van der Waals surface area contributed by atoms with Crippen molar-refractivity contribution < 1.29 is 29.4 Å². The zero-order chi connectivity index (χ0) is 32.8. The largest absolute Gasteiger partial charge is 0.392 e. The molecule has 0 spiro atoms. The summed E-state index contributed by atoms with van der Waals surface area (Å²) in [5.41, 5.74) is 6.59. The number of H-pyrrole nitrogens is 1. The average molecular weight is 644 g/mol. The number of benzene rings is 3. The fourth-order valence-corrected chi connectivity index (χ4v) is 6.53. The first-order valence-corrected chi connectivity index (χ1v) is 16.1. The molecule has 0 saturated carbocycles. The molecule has 2 aliphatic rings. The van der Waals surface area contributed by atoms with Crippen LogP contribution < -0.4 is 16.5 Å². The van der Waals surface area contributed by atoms with Gasteiger partial charge in [-0.2, -0.15) is 0 Å². The van der Waals surface area contributed by atoms with Crippen LogP contribution in [-0.4, -0.2) is 62.3 Å². The van der Waals surface area contributed by atoms with E-state index in [0.29, 0.717) is 18.5 Å². The number of nitrogens with one attached hydrogen (secondary N) is 3. The number of aromatic nitrogens is 2. The zero-order valence-electron chi connectivity index (χ0n) is 26.1. The van der Waals surface area contributed by atoms with Gasteiger partial charge in [0, 0.05) is 56.2 Å². The highest BCUT2D eigenvalue weighted by Gasteiger charge is 2.34. The van der Waals surface area contributed by atoms with Crippen molar-refractivity contribution in [3.05, 3.63) is 100.0 Å². The summed E-state index contributed by atoms with van der Waals surface area (Å²) >= 11 is 0. The molecule has 12 nitrogen and oxygen atoms in total. The molecule has 0 radical (unpaired) electrons. The number of para-hydroxylation sites is 2. The number of imidazole rings is 1. The maximum absolute atomic E-state index is 12.8. The summed E-state index contributed by atoms with van der Waals surface area (Å²) in [7, 11) is 0. The number of carbonyl (C=O) groups excluding carboxylic acids is 2. The number of aliphatic hydroxyl groups is 1. The van der Waals surface area contributed by atoms with Gasteiger partial charge in [-0.1, -0.05) is 48.5 Å². The van der Waals surface area contributed by atoms with E-state index in [4.69, 9.17) is 14.7 Å². The van der Waals surface area contributed by atoms with Crippen LogP contribution in [0.4, 0.5) is 5.69 Å². The lowest BCUT2D eigenvalue weighted by Gasteiger charge is -2.40. The van der Waals surface area contributed by atoms with Crippen molar-refractivity contribution in [2.75, 3.05) is 25.0 Å². The first-order chi connectivity index (χ1) is 22.9. The Bertz CT molecular complexity index is 1710. The van der Waals surface area contributed by atoms with Gasteiger partial charge in [0.15, 0.2) is 6.29 Å². The Hall–Kier alpha value is -4.33. The van der Waals surface area contributed by atoms with Crippen molar-refractivity contribution in [1.82, 2.24) is 19.9 Å². The SMILES string of the molecule is O=C(CCCC(=O)Nc1ccc(C2OC(CN3CCC(n4c(=O)[nH]c5ccccc54)CC3)CC(c3ccc(CO)cc3)O2)cc1)NO. The Labute approximate surface area is 272 Å². The third-order valence-corrected chi connectivity index (χ3v) is 9.02. The smallest absolute Gasteiger partial charge is 0.326 e. The van der Waals surface area contributed by atoms with E-state index < -0.39 is 12.2 Å². The van der Waals surface area contributed by atoms with Crippen molar-refractivity contribution >= 4 is 28.5 Å². The highest BCUT2D eigenvalue weighted by Crippen LogP contribution is 2.39. The summed E-state index contributed by atoms with van der Waals surface area (Å²) in [4.78, 5) is 41.6. The first-order valence-electron chi connectivity index (χ1n) is 16.1. The zero-order valence-corrected chi connectivity index (χ0v) is 26.1. The van der Waals surface area contributed by atoms with Gasteiger partial charge < -0.3 is 29.8 Å². The Balaban J connectivity index is 1.11. The van der Waals surface area contributed by atoms with Crippen LogP contribution in [-0.2, 0) is 25.7 Å². The summed E-state index contributed by atoms with van der Waals surface area (Å²) in [6, 6.07) is 23.1. The van der Waals surface area contributed by atoms with Gasteiger partial charge in [0.05, 0.1) is 29.8 Å². The van der Waals surface area contributed by atoms with E-state index in [-0.39, 0.29) is 49.3 Å². The van der Waals surface area contributed by atoms with Crippen LogP contribution in [0.25, 0.3) is 11.0 Å². The summed E-state index contributed by atoms with van der Waals surface area (Å²) in [6.07, 6.45) is 1.97. The van der Waals surface area contributed by atoms with Gasteiger partial charge in [-0.3, -0.25) is 19.4 Å². The van der Waals surface area contributed by atoms with Crippen LogP contribution in [0.2, 0.25) is 0 Å². The molecule has 12 heteroatoms. The van der Waals surface area contributed by atoms with Crippen molar-refractivity contribution in [1.29, 1.82) is 0 Å². The summed E-state index contributed by atoms with van der Waals surface area (Å²) in [5.74, 6) is -0.749. The molecule has 47 heavy (non-hydrogen) atoms. The monoisotopic (exact) mass is 643 g/mol. The van der Waals surface area contributed by atoms with Crippen LogP contribution >= 0.6 is 0 Å². The maximum atomic E-state index is 12.8. The second kappa shape index (κ2) is 15.1. The number of carbonyl (C=O) groups is 2. The number of aliphatic hydroxyl groups excluding tert-OH is 1. The van der Waals surface area contributed by atoms with Crippen molar-refractivity contribution in [2.45, 2.75) is 69.7 Å². The lowest BCUT2D eigenvalue weighted by molar-refractivity contribution is -0.253. The summed E-state index contributed by atoms with van der Waals surface area (Å²) < 4.78 is 14.9. The molecule has 3 aromatic carbocycles. The quantitative estimate of drug-likeness (QED) is 0.119. The Morgan fingerprint density at radius 3 is 2.32 bits per heavy atom. The number of ether oxygens (including phenoxy) is 2. The lowest BCUT2D eigenvalue weighted by atomic mass is 9.98. The van der Waals surface area contributed by atoms with Crippen molar-refractivity contribution in [3.8, 4) is 0 Å². The lowest BCUT2D eigenvalue weighted by Crippen LogP contribution is -2.43. The highest BCUT2D eigenvalue weighted by atomic mass is 16.7. The number of piperidine rings is 1. The number of aromatic amines is 1. The van der Waals surface area contributed by atoms with Crippen LogP contribution in [0, 0.1) is 0 Å². The van der Waals surface area contributed by atoms with Crippen LogP contribution in [0.5, 0.6) is 0 Å². The number of likely N-dealkylation sites (tertiary alicyclic amines) is 1. The number of rotatable bonds is 11. The standard InChI is InChI=1S/C35H41N5O7/c41-22-23-8-10-24(11-9-23)31-20-28(21-39-18-16-27(17-19-39)40-30-5-2-1-4-29(30)37-35(40)44)46-34(47-31)25-12-14-26(15-13-25)36-32(42)6-3-7-33(43)38-45/h1-2,4-5,8-15,27-28,31,34,41,45H,3,6-7,16-22H2,(H,36,42)(H,37,44)(H,38,43). The van der Waals surface area contributed by atoms with Gasteiger partial charge in [0.25, 0.3) is 0 Å². The number of hydroxylamine groups is 1. The topological polar surface area (TPSA) is 158 Å². The third kappa shape index (κ3) is 7.98. The molecule has 0 aliphatic carbocycles. The normalized spacial score (nSPS) is 20.7. The molecule has 2 aliphatic heterocycles. The van der Waals surface area contributed by atoms with Gasteiger partial charge in [-0.25, -0.2) is 10.3 Å². The fraction of sp³-hybridized carbons (Fsp3) is 0.400. The molecule has 2 saturated heterocycles. The van der Waals surface area contributed by atoms with E-state index in [2.05, 4.69) is 15.2 Å². The average Bonchev–Trinajstić information content (AvgIpc) is 3.44. The van der Waals surface area contributed by atoms with E-state index in [9.17, 15) is 19.5 Å². The second-order valence-electron chi connectivity index (χ2n) is 12.3. The van der Waals surface area contributed by atoms with E-state index in [1.807, 2.05) is 65.2 Å². The molecule has 3 heterocycles. The molecular weight excluding hydrogens is 602 g/mol. The number of hydrogen-bond donors (Lipinski definition) is 5. The van der Waals surface area contributed by atoms with Crippen molar-refractivity contribution in [3.63, 3.8) is 0 Å². The van der Waals surface area contributed by atoms with E-state index in [1.54, 1.807) is 17.6 Å². The Morgan fingerprint density at radius 2 is 1.60 bits per heavy atom. The number of fused-ring (bicyclic) bond motifs is 1. The van der Waals surface area contributed by atoms with E-state index >= 15 is 0 Å². The minimum Gasteiger partial charge on any atom is -0.392 e. The van der Waals surface area contributed by atoms with Gasteiger partial charge >= 0.3 is 5.69 Å². The minimum absolute atomic E-state index is 0.0261. The van der Waals surface area contributed by atoms with Crippen LogP contribution in [0.15, 0.2) is 77.6 Å². The molecule has 0 bridgehead atoms. The van der Waals surface area contributed by atoms with Crippen LogP contribution in [0.3, 0.4) is 0 Å². The van der Waals surface area contributed by atoms with Gasteiger partial charge in [-0.05, 0) is 54.7 Å².